The molecule has 0 unspecified atom stereocenters. The SMILES string of the molecule is CCC(=O)Nc1ccc(Nc2nc(Nc3cc(C4CC4)[nH]n3)nc(N3CCN(C)CC3)n2)cc1. The van der Waals surface area contributed by atoms with E-state index in [0.717, 1.165) is 43.2 Å². The van der Waals surface area contributed by atoms with Gasteiger partial charge in [-0.3, -0.25) is 9.89 Å². The number of likely N-dealkylation sites (N-methyl/N-ethyl adjacent to an activating group) is 1. The minimum atomic E-state index is -0.0195. The number of hydrogen-bond donors (Lipinski definition) is 4. The maximum absolute atomic E-state index is 11.6. The van der Waals surface area contributed by atoms with E-state index in [1.54, 1.807) is 0 Å². The van der Waals surface area contributed by atoms with E-state index in [2.05, 4.69) is 57.9 Å². The first-order chi connectivity index (χ1) is 16.6. The monoisotopic (exact) mass is 462 g/mol. The van der Waals surface area contributed by atoms with Crippen LogP contribution in [0.25, 0.3) is 0 Å². The van der Waals surface area contributed by atoms with Crippen molar-refractivity contribution in [2.24, 2.45) is 0 Å². The van der Waals surface area contributed by atoms with Crippen LogP contribution in [0.3, 0.4) is 0 Å². The predicted octanol–water partition coefficient (Wildman–Crippen LogP) is 3.06. The molecule has 2 aliphatic rings. The maximum Gasteiger partial charge on any atom is 0.235 e. The van der Waals surface area contributed by atoms with Crippen LogP contribution < -0.4 is 20.9 Å². The number of amides is 1. The second-order valence-corrected chi connectivity index (χ2v) is 8.78. The lowest BCUT2D eigenvalue weighted by Gasteiger charge is -2.32. The van der Waals surface area contributed by atoms with Gasteiger partial charge >= 0.3 is 0 Å². The van der Waals surface area contributed by atoms with E-state index < -0.39 is 0 Å². The summed E-state index contributed by atoms with van der Waals surface area (Å²) in [5, 5.41) is 16.8. The fourth-order valence-corrected chi connectivity index (χ4v) is 3.76. The fraction of sp³-hybridized carbons (Fsp3) is 0.435. The van der Waals surface area contributed by atoms with Crippen molar-refractivity contribution in [3.8, 4) is 0 Å². The molecule has 1 amide bonds. The molecule has 1 saturated heterocycles. The number of aromatic amines is 1. The lowest BCUT2D eigenvalue weighted by atomic mass is 10.2. The van der Waals surface area contributed by atoms with Crippen LogP contribution in [-0.4, -0.2) is 69.2 Å². The van der Waals surface area contributed by atoms with Gasteiger partial charge in [-0.15, -0.1) is 0 Å². The summed E-state index contributed by atoms with van der Waals surface area (Å²) >= 11 is 0. The lowest BCUT2D eigenvalue weighted by molar-refractivity contribution is -0.115. The molecule has 0 spiro atoms. The Morgan fingerprint density at radius 1 is 1.00 bits per heavy atom. The van der Waals surface area contributed by atoms with E-state index in [9.17, 15) is 4.79 Å². The molecule has 11 heteroatoms. The van der Waals surface area contributed by atoms with Gasteiger partial charge in [0.1, 0.15) is 0 Å². The highest BCUT2D eigenvalue weighted by molar-refractivity contribution is 5.90. The molecule has 3 aromatic rings. The summed E-state index contributed by atoms with van der Waals surface area (Å²) in [4.78, 5) is 30.0. The molecule has 1 saturated carbocycles. The van der Waals surface area contributed by atoms with Crippen molar-refractivity contribution in [3.05, 3.63) is 36.0 Å². The van der Waals surface area contributed by atoms with Crippen LogP contribution in [0, 0.1) is 0 Å². The quantitative estimate of drug-likeness (QED) is 0.399. The number of rotatable bonds is 8. The molecule has 11 nitrogen and oxygen atoms in total. The number of anilines is 6. The van der Waals surface area contributed by atoms with Crippen LogP contribution in [0.2, 0.25) is 0 Å². The third-order valence-electron chi connectivity index (χ3n) is 6.01. The molecule has 2 aromatic heterocycles. The van der Waals surface area contributed by atoms with Crippen LogP contribution in [0.4, 0.5) is 35.0 Å². The van der Waals surface area contributed by atoms with Crippen molar-refractivity contribution in [2.75, 3.05) is 54.1 Å². The highest BCUT2D eigenvalue weighted by Crippen LogP contribution is 2.39. The molecule has 3 heterocycles. The average molecular weight is 463 g/mol. The molecule has 1 aliphatic heterocycles. The van der Waals surface area contributed by atoms with Gasteiger partial charge in [-0.1, -0.05) is 6.92 Å². The zero-order chi connectivity index (χ0) is 23.5. The van der Waals surface area contributed by atoms with Gasteiger partial charge in [0, 0.05) is 61.7 Å². The van der Waals surface area contributed by atoms with Gasteiger partial charge in [0.05, 0.1) is 0 Å². The maximum atomic E-state index is 11.6. The summed E-state index contributed by atoms with van der Waals surface area (Å²) in [5.74, 6) is 2.76. The molecule has 4 N–H and O–H groups in total. The Labute approximate surface area is 198 Å². The summed E-state index contributed by atoms with van der Waals surface area (Å²) in [6, 6.07) is 9.48. The van der Waals surface area contributed by atoms with E-state index in [0.29, 0.717) is 36.0 Å². The molecule has 0 bridgehead atoms. The smallest absolute Gasteiger partial charge is 0.235 e. The molecule has 0 atom stereocenters. The Kier molecular flexibility index (Phi) is 6.26. The van der Waals surface area contributed by atoms with E-state index in [1.807, 2.05) is 37.3 Å². The number of nitrogens with zero attached hydrogens (tertiary/aromatic N) is 6. The first-order valence-electron chi connectivity index (χ1n) is 11.7. The largest absolute Gasteiger partial charge is 0.338 e. The summed E-state index contributed by atoms with van der Waals surface area (Å²) in [6.07, 6.45) is 2.85. The van der Waals surface area contributed by atoms with Crippen molar-refractivity contribution in [2.45, 2.75) is 32.1 Å². The van der Waals surface area contributed by atoms with Gasteiger partial charge in [-0.05, 0) is 44.2 Å². The first kappa shape index (κ1) is 22.1. The molecule has 2 fully saturated rings. The second-order valence-electron chi connectivity index (χ2n) is 8.78. The highest BCUT2D eigenvalue weighted by atomic mass is 16.1. The highest BCUT2D eigenvalue weighted by Gasteiger charge is 2.26. The molecular weight excluding hydrogens is 432 g/mol. The zero-order valence-electron chi connectivity index (χ0n) is 19.5. The number of carbonyl (C=O) groups is 1. The normalized spacial score (nSPS) is 16.4. The number of nitrogens with one attached hydrogen (secondary N) is 4. The number of H-pyrrole nitrogens is 1. The molecule has 34 heavy (non-hydrogen) atoms. The van der Waals surface area contributed by atoms with E-state index >= 15 is 0 Å². The van der Waals surface area contributed by atoms with Crippen LogP contribution in [0.5, 0.6) is 0 Å². The van der Waals surface area contributed by atoms with Crippen molar-refractivity contribution in [1.29, 1.82) is 0 Å². The van der Waals surface area contributed by atoms with Gasteiger partial charge < -0.3 is 25.8 Å². The van der Waals surface area contributed by atoms with Gasteiger partial charge in [-0.25, -0.2) is 0 Å². The number of benzene rings is 1. The predicted molar refractivity (Wildman–Crippen MR) is 132 cm³/mol. The summed E-state index contributed by atoms with van der Waals surface area (Å²) in [7, 11) is 2.12. The number of aromatic nitrogens is 5. The Hall–Kier alpha value is -3.73. The van der Waals surface area contributed by atoms with Crippen molar-refractivity contribution in [1.82, 2.24) is 30.0 Å². The summed E-state index contributed by atoms with van der Waals surface area (Å²) in [5.41, 5.74) is 2.70. The van der Waals surface area contributed by atoms with E-state index in [1.165, 1.54) is 12.8 Å². The van der Waals surface area contributed by atoms with Crippen molar-refractivity contribution < 1.29 is 4.79 Å². The molecule has 1 aliphatic carbocycles. The lowest BCUT2D eigenvalue weighted by Crippen LogP contribution is -2.45. The average Bonchev–Trinajstić information content (AvgIpc) is 3.59. The number of hydrogen-bond acceptors (Lipinski definition) is 9. The van der Waals surface area contributed by atoms with Gasteiger partial charge in [0.2, 0.25) is 23.8 Å². The third-order valence-corrected chi connectivity index (χ3v) is 6.01. The second kappa shape index (κ2) is 9.64. The van der Waals surface area contributed by atoms with Gasteiger partial charge in [-0.2, -0.15) is 20.1 Å². The Morgan fingerprint density at radius 2 is 1.68 bits per heavy atom. The topological polar surface area (TPSA) is 127 Å². The summed E-state index contributed by atoms with van der Waals surface area (Å²) < 4.78 is 0. The molecular formula is C23H30N10O. The van der Waals surface area contributed by atoms with Gasteiger partial charge in [0.25, 0.3) is 0 Å². The molecule has 178 valence electrons. The Morgan fingerprint density at radius 3 is 2.35 bits per heavy atom. The van der Waals surface area contributed by atoms with E-state index in [-0.39, 0.29) is 5.91 Å². The fourth-order valence-electron chi connectivity index (χ4n) is 3.76. The zero-order valence-corrected chi connectivity index (χ0v) is 19.5. The standard InChI is InChI=1S/C23H30N10O/c1-3-20(34)24-16-6-8-17(9-7-16)25-21-27-22(26-19-14-18(30-31-19)15-4-5-15)29-23(28-21)33-12-10-32(2)11-13-33/h6-9,14-15H,3-5,10-13H2,1-2H3,(H,24,34)(H3,25,26,27,28,29,30,31). The number of carbonyl (C=O) groups excluding carboxylic acids is 1. The number of piperazine rings is 1. The van der Waals surface area contributed by atoms with E-state index in [4.69, 9.17) is 0 Å². The third kappa shape index (κ3) is 5.42. The minimum Gasteiger partial charge on any atom is -0.338 e. The molecule has 5 rings (SSSR count). The van der Waals surface area contributed by atoms with Crippen LogP contribution in [0.15, 0.2) is 30.3 Å². The van der Waals surface area contributed by atoms with Crippen molar-refractivity contribution in [3.63, 3.8) is 0 Å². The Balaban J connectivity index is 1.36. The van der Waals surface area contributed by atoms with Crippen molar-refractivity contribution >= 4 is 40.9 Å². The van der Waals surface area contributed by atoms with Crippen LogP contribution in [0.1, 0.15) is 37.8 Å². The molecule has 0 radical (unpaired) electrons. The molecule has 1 aromatic carbocycles. The Bertz CT molecular complexity index is 1130. The van der Waals surface area contributed by atoms with Crippen LogP contribution in [-0.2, 0) is 4.79 Å². The van der Waals surface area contributed by atoms with Gasteiger partial charge in [0.15, 0.2) is 5.82 Å². The first-order valence-corrected chi connectivity index (χ1v) is 11.7. The summed E-state index contributed by atoms with van der Waals surface area (Å²) in [6.45, 7) is 5.42. The minimum absolute atomic E-state index is 0.0195. The van der Waals surface area contributed by atoms with Crippen LogP contribution >= 0.6 is 0 Å².